The summed E-state index contributed by atoms with van der Waals surface area (Å²) in [4.78, 5) is 11.8. The lowest BCUT2D eigenvalue weighted by Gasteiger charge is -2.36. The normalized spacial score (nSPS) is 33.4. The Hall–Kier alpha value is -0.790. The Morgan fingerprint density at radius 2 is 2.20 bits per heavy atom. The molecule has 0 N–H and O–H groups in total. The highest BCUT2D eigenvalue weighted by Crippen LogP contribution is 2.40. The van der Waals surface area contributed by atoms with Crippen molar-refractivity contribution in [2.45, 2.75) is 33.1 Å². The topological polar surface area (TPSA) is 26.3 Å². The molecule has 0 aromatic heterocycles. The van der Waals surface area contributed by atoms with Crippen LogP contribution in [0.1, 0.15) is 33.1 Å². The summed E-state index contributed by atoms with van der Waals surface area (Å²) in [5, 5.41) is 0. The fourth-order valence-corrected chi connectivity index (χ4v) is 2.56. The van der Waals surface area contributed by atoms with Crippen LogP contribution < -0.4 is 0 Å². The number of allylic oxidation sites excluding steroid dienone is 2. The molecule has 0 amide bonds. The van der Waals surface area contributed by atoms with E-state index in [0.717, 1.165) is 6.42 Å². The first kappa shape index (κ1) is 10.7. The molecule has 2 nitrogen and oxygen atoms in total. The smallest absolute Gasteiger partial charge is 0.309 e. The van der Waals surface area contributed by atoms with Crippen molar-refractivity contribution in [1.82, 2.24) is 0 Å². The Morgan fingerprint density at radius 1 is 1.40 bits per heavy atom. The second-order valence-corrected chi connectivity index (χ2v) is 5.25. The molecule has 0 heterocycles. The first-order valence-corrected chi connectivity index (χ1v) is 6.01. The van der Waals surface area contributed by atoms with Gasteiger partial charge in [0, 0.05) is 0 Å². The van der Waals surface area contributed by atoms with Crippen LogP contribution in [0.3, 0.4) is 0 Å². The minimum atomic E-state index is 0.0303. The second-order valence-electron chi connectivity index (χ2n) is 5.25. The average molecular weight is 208 g/mol. The molecule has 84 valence electrons. The molecule has 2 bridgehead atoms. The van der Waals surface area contributed by atoms with Crippen molar-refractivity contribution < 1.29 is 9.53 Å². The third kappa shape index (κ3) is 2.42. The van der Waals surface area contributed by atoms with Crippen LogP contribution in [0.5, 0.6) is 0 Å². The van der Waals surface area contributed by atoms with E-state index >= 15 is 0 Å². The molecule has 0 aliphatic heterocycles. The summed E-state index contributed by atoms with van der Waals surface area (Å²) in [6, 6.07) is 0. The van der Waals surface area contributed by atoms with Gasteiger partial charge in [0.25, 0.3) is 0 Å². The minimum absolute atomic E-state index is 0.0303. The molecule has 1 saturated carbocycles. The zero-order chi connectivity index (χ0) is 10.8. The highest BCUT2D eigenvalue weighted by Gasteiger charge is 2.37. The Labute approximate surface area is 91.7 Å². The first-order chi connectivity index (χ1) is 7.16. The summed E-state index contributed by atoms with van der Waals surface area (Å²) < 4.78 is 5.32. The molecule has 0 unspecified atom stereocenters. The molecule has 3 aliphatic carbocycles. The van der Waals surface area contributed by atoms with Crippen molar-refractivity contribution in [2.75, 3.05) is 6.61 Å². The van der Waals surface area contributed by atoms with E-state index in [9.17, 15) is 4.79 Å². The summed E-state index contributed by atoms with van der Waals surface area (Å²) >= 11 is 0. The van der Waals surface area contributed by atoms with Crippen molar-refractivity contribution >= 4 is 5.97 Å². The first-order valence-electron chi connectivity index (χ1n) is 6.01. The van der Waals surface area contributed by atoms with Crippen LogP contribution in [0, 0.1) is 23.7 Å². The van der Waals surface area contributed by atoms with Crippen LogP contribution in [0.2, 0.25) is 0 Å². The van der Waals surface area contributed by atoms with Gasteiger partial charge in [-0.2, -0.15) is 0 Å². The molecule has 3 aliphatic rings. The van der Waals surface area contributed by atoms with Gasteiger partial charge in [0.1, 0.15) is 0 Å². The Bertz CT molecular complexity index is 268. The zero-order valence-corrected chi connectivity index (χ0v) is 9.61. The van der Waals surface area contributed by atoms with Crippen molar-refractivity contribution in [1.29, 1.82) is 0 Å². The van der Waals surface area contributed by atoms with Crippen LogP contribution in [-0.2, 0) is 9.53 Å². The third-order valence-corrected chi connectivity index (χ3v) is 3.44. The lowest BCUT2D eigenvalue weighted by Crippen LogP contribution is -2.34. The van der Waals surface area contributed by atoms with Crippen LogP contribution in [0.4, 0.5) is 0 Å². The molecule has 0 radical (unpaired) electrons. The predicted octanol–water partition coefficient (Wildman–Crippen LogP) is 2.79. The lowest BCUT2D eigenvalue weighted by atomic mass is 9.69. The highest BCUT2D eigenvalue weighted by molar-refractivity contribution is 5.73. The van der Waals surface area contributed by atoms with Gasteiger partial charge < -0.3 is 4.74 Å². The monoisotopic (exact) mass is 208 g/mol. The number of carbonyl (C=O) groups excluding carboxylic acids is 1. The number of hydrogen-bond acceptors (Lipinski definition) is 2. The summed E-state index contributed by atoms with van der Waals surface area (Å²) in [6.45, 7) is 4.71. The lowest BCUT2D eigenvalue weighted by molar-refractivity contribution is -0.152. The molecule has 2 heteroatoms. The SMILES string of the molecule is CC(C)COC(=O)[C@@H]1C[C@H]2C=C[C@@H]1CC2. The van der Waals surface area contributed by atoms with E-state index in [1.807, 2.05) is 0 Å². The Balaban J connectivity index is 1.89. The molecule has 0 aromatic carbocycles. The number of hydrogen-bond donors (Lipinski definition) is 0. The van der Waals surface area contributed by atoms with E-state index in [4.69, 9.17) is 4.74 Å². The predicted molar refractivity (Wildman–Crippen MR) is 59.3 cm³/mol. The highest BCUT2D eigenvalue weighted by atomic mass is 16.5. The number of rotatable bonds is 3. The van der Waals surface area contributed by atoms with E-state index < -0.39 is 0 Å². The molecule has 1 fully saturated rings. The van der Waals surface area contributed by atoms with E-state index in [2.05, 4.69) is 26.0 Å². The fraction of sp³-hybridized carbons (Fsp3) is 0.769. The van der Waals surface area contributed by atoms with Gasteiger partial charge in [-0.15, -0.1) is 0 Å². The van der Waals surface area contributed by atoms with Gasteiger partial charge in [0.05, 0.1) is 12.5 Å². The zero-order valence-electron chi connectivity index (χ0n) is 9.61. The van der Waals surface area contributed by atoms with Crippen LogP contribution in [0.25, 0.3) is 0 Å². The number of ether oxygens (including phenoxy) is 1. The molecule has 3 atom stereocenters. The van der Waals surface area contributed by atoms with E-state index in [-0.39, 0.29) is 11.9 Å². The van der Waals surface area contributed by atoms with Crippen molar-refractivity contribution in [3.05, 3.63) is 12.2 Å². The van der Waals surface area contributed by atoms with E-state index in [0.29, 0.717) is 24.4 Å². The van der Waals surface area contributed by atoms with Gasteiger partial charge in [-0.1, -0.05) is 26.0 Å². The quantitative estimate of drug-likeness (QED) is 0.526. The summed E-state index contributed by atoms with van der Waals surface area (Å²) in [6.07, 6.45) is 7.94. The standard InChI is InChI=1S/C13H20O2/c1-9(2)8-15-13(14)12-7-10-3-5-11(12)6-4-10/h3,5,9-12H,4,6-8H2,1-2H3/t10-,11+,12+/m0/s1. The van der Waals surface area contributed by atoms with Crippen molar-refractivity contribution in [3.8, 4) is 0 Å². The summed E-state index contributed by atoms with van der Waals surface area (Å²) in [5.74, 6) is 1.70. The van der Waals surface area contributed by atoms with Crippen LogP contribution in [-0.4, -0.2) is 12.6 Å². The van der Waals surface area contributed by atoms with E-state index in [1.54, 1.807) is 0 Å². The van der Waals surface area contributed by atoms with Gasteiger partial charge in [0.15, 0.2) is 0 Å². The third-order valence-electron chi connectivity index (χ3n) is 3.44. The molecule has 0 aromatic rings. The second kappa shape index (κ2) is 4.38. The number of carbonyl (C=O) groups is 1. The molecule has 3 rings (SSSR count). The Kier molecular flexibility index (Phi) is 3.13. The van der Waals surface area contributed by atoms with Gasteiger partial charge in [-0.3, -0.25) is 4.79 Å². The van der Waals surface area contributed by atoms with Crippen molar-refractivity contribution in [2.24, 2.45) is 23.7 Å². The molecular formula is C13H20O2. The maximum Gasteiger partial charge on any atom is 0.309 e. The van der Waals surface area contributed by atoms with Crippen molar-refractivity contribution in [3.63, 3.8) is 0 Å². The summed E-state index contributed by atoms with van der Waals surface area (Å²) in [7, 11) is 0. The maximum absolute atomic E-state index is 11.8. The van der Waals surface area contributed by atoms with E-state index in [1.165, 1.54) is 12.8 Å². The van der Waals surface area contributed by atoms with Gasteiger partial charge in [-0.05, 0) is 37.0 Å². The average Bonchev–Trinajstić information content (AvgIpc) is 2.27. The molecule has 15 heavy (non-hydrogen) atoms. The number of esters is 1. The van der Waals surface area contributed by atoms with Crippen LogP contribution >= 0.6 is 0 Å². The van der Waals surface area contributed by atoms with Crippen LogP contribution in [0.15, 0.2) is 12.2 Å². The molecular weight excluding hydrogens is 188 g/mol. The Morgan fingerprint density at radius 3 is 2.67 bits per heavy atom. The molecule has 0 spiro atoms. The minimum Gasteiger partial charge on any atom is -0.465 e. The largest absolute Gasteiger partial charge is 0.465 e. The fourth-order valence-electron chi connectivity index (χ4n) is 2.56. The van der Waals surface area contributed by atoms with Gasteiger partial charge in [-0.25, -0.2) is 0 Å². The van der Waals surface area contributed by atoms with Gasteiger partial charge >= 0.3 is 5.97 Å². The maximum atomic E-state index is 11.8. The molecule has 0 saturated heterocycles. The summed E-state index contributed by atoms with van der Waals surface area (Å²) in [5.41, 5.74) is 0. The number of fused-ring (bicyclic) bond motifs is 2. The van der Waals surface area contributed by atoms with Gasteiger partial charge in [0.2, 0.25) is 0 Å².